The van der Waals surface area contributed by atoms with E-state index in [0.717, 1.165) is 0 Å². The van der Waals surface area contributed by atoms with Crippen LogP contribution in [0, 0.1) is 0 Å². The summed E-state index contributed by atoms with van der Waals surface area (Å²) in [7, 11) is 1.20. The van der Waals surface area contributed by atoms with Gasteiger partial charge in [0, 0.05) is 0 Å². The van der Waals surface area contributed by atoms with Crippen molar-refractivity contribution in [2.75, 3.05) is 0 Å². The minimum atomic E-state index is -0.389. The number of benzene rings is 1. The van der Waals surface area contributed by atoms with E-state index in [1.807, 2.05) is 18.2 Å². The first-order valence-corrected chi connectivity index (χ1v) is 4.70. The average molecular weight is 153 g/mol. The topological polar surface area (TPSA) is 9.23 Å². The lowest BCUT2D eigenvalue weighted by Gasteiger charge is -1.94. The first-order valence-electron chi connectivity index (χ1n) is 2.84. The average Bonchev–Trinajstić information content (AvgIpc) is 1.91. The molecule has 1 aromatic rings. The molecule has 0 aliphatic carbocycles. The van der Waals surface area contributed by atoms with E-state index >= 15 is 0 Å². The third kappa shape index (κ3) is 2.13. The molecule has 0 aliphatic heterocycles. The Hall–Kier alpha value is -0.386. The zero-order valence-corrected chi connectivity index (χ0v) is 8.04. The molecular formula is C6H9OSi2. The normalized spacial score (nSPS) is 10.8. The minimum Gasteiger partial charge on any atom is -0.462 e. The zero-order valence-electron chi connectivity index (χ0n) is 5.21. The summed E-state index contributed by atoms with van der Waals surface area (Å²) in [6.45, 7) is 0. The Morgan fingerprint density at radius 2 is 1.89 bits per heavy atom. The smallest absolute Gasteiger partial charge is 0.178 e. The Balaban J connectivity index is 2.61. The van der Waals surface area contributed by atoms with E-state index in [1.165, 1.54) is 5.19 Å². The third-order valence-corrected chi connectivity index (χ3v) is 2.73. The van der Waals surface area contributed by atoms with Crippen LogP contribution in [0.5, 0.6) is 0 Å². The maximum atomic E-state index is 5.09. The quantitative estimate of drug-likeness (QED) is 0.493. The van der Waals surface area contributed by atoms with Crippen LogP contribution in [0.4, 0.5) is 0 Å². The molecule has 0 atom stereocenters. The molecular weight excluding hydrogens is 144 g/mol. The van der Waals surface area contributed by atoms with E-state index in [4.69, 9.17) is 4.12 Å². The summed E-state index contributed by atoms with van der Waals surface area (Å²) in [5.41, 5.74) is 0. The molecule has 9 heavy (non-hydrogen) atoms. The second-order valence-corrected chi connectivity index (χ2v) is 4.57. The molecule has 3 heteroatoms. The molecule has 1 rings (SSSR count). The Morgan fingerprint density at radius 1 is 1.22 bits per heavy atom. The van der Waals surface area contributed by atoms with Gasteiger partial charge >= 0.3 is 0 Å². The standard InChI is InChI=1S/C6H9OSi2/c8-7-9-6-4-2-1-3-5-6/h1-5H,8-9H2. The molecule has 47 valence electrons. The summed E-state index contributed by atoms with van der Waals surface area (Å²) < 4.78 is 5.09. The van der Waals surface area contributed by atoms with Gasteiger partial charge in [0.15, 0.2) is 20.2 Å². The van der Waals surface area contributed by atoms with Crippen molar-refractivity contribution in [3.63, 3.8) is 0 Å². The van der Waals surface area contributed by atoms with Crippen LogP contribution < -0.4 is 5.19 Å². The monoisotopic (exact) mass is 153 g/mol. The Morgan fingerprint density at radius 3 is 2.44 bits per heavy atom. The maximum absolute atomic E-state index is 5.09. The predicted octanol–water partition coefficient (Wildman–Crippen LogP) is -1.04. The summed E-state index contributed by atoms with van der Waals surface area (Å²) in [6, 6.07) is 10.3. The van der Waals surface area contributed by atoms with Gasteiger partial charge in [0.25, 0.3) is 0 Å². The first-order chi connectivity index (χ1) is 4.43. The Bertz CT molecular complexity index is 164. The second-order valence-electron chi connectivity index (χ2n) is 1.83. The van der Waals surface area contributed by atoms with Gasteiger partial charge in [-0.05, 0) is 5.19 Å². The molecule has 0 N–H and O–H groups in total. The maximum Gasteiger partial charge on any atom is 0.178 e. The van der Waals surface area contributed by atoms with Gasteiger partial charge in [-0.15, -0.1) is 0 Å². The van der Waals surface area contributed by atoms with Crippen LogP contribution in [0.3, 0.4) is 0 Å². The van der Waals surface area contributed by atoms with Gasteiger partial charge in [-0.2, -0.15) is 0 Å². The van der Waals surface area contributed by atoms with Crippen LogP contribution in [-0.2, 0) is 4.12 Å². The number of hydrogen-bond donors (Lipinski definition) is 0. The van der Waals surface area contributed by atoms with E-state index in [0.29, 0.717) is 0 Å². The van der Waals surface area contributed by atoms with Crippen molar-refractivity contribution >= 4 is 25.4 Å². The second kappa shape index (κ2) is 3.60. The highest BCUT2D eigenvalue weighted by Gasteiger charge is 1.86. The van der Waals surface area contributed by atoms with E-state index in [2.05, 4.69) is 12.1 Å². The molecule has 0 spiro atoms. The molecule has 0 aromatic heterocycles. The van der Waals surface area contributed by atoms with Crippen molar-refractivity contribution < 1.29 is 4.12 Å². The first kappa shape index (κ1) is 6.73. The highest BCUT2D eigenvalue weighted by molar-refractivity contribution is 6.50. The number of rotatable bonds is 2. The van der Waals surface area contributed by atoms with Gasteiger partial charge in [0.1, 0.15) is 0 Å². The van der Waals surface area contributed by atoms with Crippen LogP contribution in [-0.4, -0.2) is 20.2 Å². The van der Waals surface area contributed by atoms with Crippen molar-refractivity contribution in [1.29, 1.82) is 0 Å². The molecule has 1 aromatic carbocycles. The van der Waals surface area contributed by atoms with E-state index in [-0.39, 0.29) is 9.76 Å². The van der Waals surface area contributed by atoms with Crippen LogP contribution in [0.2, 0.25) is 0 Å². The van der Waals surface area contributed by atoms with Crippen molar-refractivity contribution in [3.8, 4) is 0 Å². The van der Waals surface area contributed by atoms with Crippen LogP contribution in [0.25, 0.3) is 0 Å². The summed E-state index contributed by atoms with van der Waals surface area (Å²) >= 11 is 0. The summed E-state index contributed by atoms with van der Waals surface area (Å²) in [5.74, 6) is 0. The van der Waals surface area contributed by atoms with Gasteiger partial charge in [-0.25, -0.2) is 0 Å². The van der Waals surface area contributed by atoms with Crippen LogP contribution in [0.1, 0.15) is 0 Å². The van der Waals surface area contributed by atoms with E-state index in [1.54, 1.807) is 10.5 Å². The van der Waals surface area contributed by atoms with Gasteiger partial charge in [-0.3, -0.25) is 0 Å². The SMILES string of the molecule is [SiH2]O[SiH2]c1ccccc1. The number of hydrogen-bond acceptors (Lipinski definition) is 1. The lowest BCUT2D eigenvalue weighted by molar-refractivity contribution is 0.676. The Kier molecular flexibility index (Phi) is 2.69. The lowest BCUT2D eigenvalue weighted by atomic mass is 10.4. The molecule has 1 nitrogen and oxygen atoms in total. The summed E-state index contributed by atoms with van der Waals surface area (Å²) in [4.78, 5) is 0. The minimum absolute atomic E-state index is 0.389. The molecule has 0 unspecified atom stereocenters. The predicted molar refractivity (Wildman–Crippen MR) is 44.2 cm³/mol. The van der Waals surface area contributed by atoms with Crippen molar-refractivity contribution in [2.24, 2.45) is 0 Å². The fourth-order valence-electron chi connectivity index (χ4n) is 0.692. The molecule has 0 saturated carbocycles. The van der Waals surface area contributed by atoms with Crippen molar-refractivity contribution in [1.82, 2.24) is 0 Å². The van der Waals surface area contributed by atoms with E-state index < -0.39 is 0 Å². The molecule has 0 amide bonds. The zero-order chi connectivity index (χ0) is 6.53. The van der Waals surface area contributed by atoms with Gasteiger partial charge in [0.05, 0.1) is 0 Å². The fourth-order valence-corrected chi connectivity index (χ4v) is 2.10. The van der Waals surface area contributed by atoms with Gasteiger partial charge in [0.2, 0.25) is 0 Å². The molecule has 1 radical (unpaired) electrons. The van der Waals surface area contributed by atoms with Crippen LogP contribution >= 0.6 is 0 Å². The van der Waals surface area contributed by atoms with Crippen molar-refractivity contribution in [3.05, 3.63) is 30.3 Å². The highest BCUT2D eigenvalue weighted by atomic mass is 28.3. The molecule has 0 fully saturated rings. The van der Waals surface area contributed by atoms with Gasteiger partial charge < -0.3 is 4.12 Å². The van der Waals surface area contributed by atoms with Crippen LogP contribution in [0.15, 0.2) is 30.3 Å². The summed E-state index contributed by atoms with van der Waals surface area (Å²) in [5, 5.41) is 1.37. The molecule has 0 heterocycles. The van der Waals surface area contributed by atoms with E-state index in [9.17, 15) is 0 Å². The van der Waals surface area contributed by atoms with Gasteiger partial charge in [-0.1, -0.05) is 30.3 Å². The lowest BCUT2D eigenvalue weighted by Crippen LogP contribution is -2.14. The fraction of sp³-hybridized carbons (Fsp3) is 0. The Labute approximate surface area is 60.5 Å². The molecule has 0 saturated heterocycles. The largest absolute Gasteiger partial charge is 0.462 e. The summed E-state index contributed by atoms with van der Waals surface area (Å²) in [6.07, 6.45) is 0. The third-order valence-electron chi connectivity index (χ3n) is 1.11. The van der Waals surface area contributed by atoms with Crippen molar-refractivity contribution in [2.45, 2.75) is 0 Å². The molecule has 0 aliphatic rings. The highest BCUT2D eigenvalue weighted by Crippen LogP contribution is 1.79. The molecule has 0 bridgehead atoms.